The quantitative estimate of drug-likeness (QED) is 0.856. The first-order chi connectivity index (χ1) is 10.0. The standard InChI is InChI=1S/C17H16F3N/c18-17(19,20)15-6-1-2-7-16(15)21-11-12-8-9-13-4-3-5-14(13)10-12/h1-2,6-10,21H,3-5,11H2. The van der Waals surface area contributed by atoms with E-state index < -0.39 is 11.7 Å². The van der Waals surface area contributed by atoms with E-state index in [2.05, 4.69) is 17.4 Å². The third-order valence-corrected chi connectivity index (χ3v) is 3.88. The molecule has 0 radical (unpaired) electrons. The summed E-state index contributed by atoms with van der Waals surface area (Å²) in [7, 11) is 0. The average molecular weight is 291 g/mol. The second kappa shape index (κ2) is 5.43. The summed E-state index contributed by atoms with van der Waals surface area (Å²) in [6, 6.07) is 11.8. The molecule has 0 unspecified atom stereocenters. The van der Waals surface area contributed by atoms with Gasteiger partial charge in [-0.2, -0.15) is 13.2 Å². The van der Waals surface area contributed by atoms with Crippen molar-refractivity contribution in [3.8, 4) is 0 Å². The lowest BCUT2D eigenvalue weighted by molar-refractivity contribution is -0.136. The summed E-state index contributed by atoms with van der Waals surface area (Å²) < 4.78 is 38.7. The number of benzene rings is 2. The molecule has 0 aliphatic heterocycles. The van der Waals surface area contributed by atoms with Crippen LogP contribution in [0.15, 0.2) is 42.5 Å². The molecule has 0 spiro atoms. The Hall–Kier alpha value is -1.97. The molecule has 2 aromatic carbocycles. The van der Waals surface area contributed by atoms with Crippen molar-refractivity contribution in [2.45, 2.75) is 32.0 Å². The summed E-state index contributed by atoms with van der Waals surface area (Å²) in [4.78, 5) is 0. The summed E-state index contributed by atoms with van der Waals surface area (Å²) in [6.07, 6.45) is -0.979. The molecular weight excluding hydrogens is 275 g/mol. The van der Waals surface area contributed by atoms with Gasteiger partial charge in [0, 0.05) is 12.2 Å². The Labute approximate surface area is 121 Å². The number of anilines is 1. The van der Waals surface area contributed by atoms with Crippen molar-refractivity contribution < 1.29 is 13.2 Å². The molecule has 1 nitrogen and oxygen atoms in total. The van der Waals surface area contributed by atoms with E-state index in [4.69, 9.17) is 0 Å². The average Bonchev–Trinajstić information content (AvgIpc) is 2.92. The lowest BCUT2D eigenvalue weighted by Crippen LogP contribution is -2.10. The van der Waals surface area contributed by atoms with Crippen LogP contribution in [-0.2, 0) is 25.6 Å². The first-order valence-corrected chi connectivity index (χ1v) is 7.05. The minimum atomic E-state index is -4.33. The molecule has 0 atom stereocenters. The third kappa shape index (κ3) is 3.04. The summed E-state index contributed by atoms with van der Waals surface area (Å²) in [6.45, 7) is 0.403. The predicted molar refractivity (Wildman–Crippen MR) is 77.2 cm³/mol. The van der Waals surface area contributed by atoms with Crippen molar-refractivity contribution >= 4 is 5.69 Å². The van der Waals surface area contributed by atoms with Crippen LogP contribution in [-0.4, -0.2) is 0 Å². The van der Waals surface area contributed by atoms with Crippen LogP contribution < -0.4 is 5.32 Å². The minimum Gasteiger partial charge on any atom is -0.380 e. The lowest BCUT2D eigenvalue weighted by Gasteiger charge is -2.14. The Morgan fingerprint density at radius 2 is 1.71 bits per heavy atom. The van der Waals surface area contributed by atoms with Gasteiger partial charge in [-0.25, -0.2) is 0 Å². The van der Waals surface area contributed by atoms with Gasteiger partial charge in [0.25, 0.3) is 0 Å². The second-order valence-electron chi connectivity index (χ2n) is 5.35. The third-order valence-electron chi connectivity index (χ3n) is 3.88. The lowest BCUT2D eigenvalue weighted by atomic mass is 10.1. The highest BCUT2D eigenvalue weighted by Crippen LogP contribution is 2.34. The second-order valence-corrected chi connectivity index (χ2v) is 5.35. The number of aryl methyl sites for hydroxylation is 2. The first-order valence-electron chi connectivity index (χ1n) is 7.05. The van der Waals surface area contributed by atoms with E-state index in [9.17, 15) is 13.2 Å². The van der Waals surface area contributed by atoms with Crippen LogP contribution in [0.4, 0.5) is 18.9 Å². The molecule has 3 rings (SSSR count). The van der Waals surface area contributed by atoms with Crippen LogP contribution >= 0.6 is 0 Å². The molecule has 0 fully saturated rings. The molecule has 21 heavy (non-hydrogen) atoms. The highest BCUT2D eigenvalue weighted by atomic mass is 19.4. The van der Waals surface area contributed by atoms with E-state index in [0.717, 1.165) is 24.5 Å². The van der Waals surface area contributed by atoms with Crippen LogP contribution in [0.3, 0.4) is 0 Å². The predicted octanol–water partition coefficient (Wildman–Crippen LogP) is 4.81. The van der Waals surface area contributed by atoms with Gasteiger partial charge in [-0.3, -0.25) is 0 Å². The van der Waals surface area contributed by atoms with Crippen LogP contribution in [0.25, 0.3) is 0 Å². The zero-order valence-electron chi connectivity index (χ0n) is 11.5. The SMILES string of the molecule is FC(F)(F)c1ccccc1NCc1ccc2c(c1)CCC2. The van der Waals surface area contributed by atoms with Crippen molar-refractivity contribution in [2.24, 2.45) is 0 Å². The van der Waals surface area contributed by atoms with Gasteiger partial charge in [-0.05, 0) is 48.1 Å². The number of para-hydroxylation sites is 1. The fourth-order valence-corrected chi connectivity index (χ4v) is 2.82. The maximum Gasteiger partial charge on any atom is 0.418 e. The van der Waals surface area contributed by atoms with Gasteiger partial charge >= 0.3 is 6.18 Å². The minimum absolute atomic E-state index is 0.130. The van der Waals surface area contributed by atoms with E-state index in [1.807, 2.05) is 6.07 Å². The molecule has 0 amide bonds. The van der Waals surface area contributed by atoms with Gasteiger partial charge in [-0.1, -0.05) is 30.3 Å². The maximum atomic E-state index is 12.9. The number of halogens is 3. The van der Waals surface area contributed by atoms with Crippen LogP contribution in [0.5, 0.6) is 0 Å². The topological polar surface area (TPSA) is 12.0 Å². The van der Waals surface area contributed by atoms with Gasteiger partial charge in [0.1, 0.15) is 0 Å². The zero-order chi connectivity index (χ0) is 14.9. The number of hydrogen-bond donors (Lipinski definition) is 1. The molecule has 2 aromatic rings. The van der Waals surface area contributed by atoms with E-state index in [-0.39, 0.29) is 5.69 Å². The van der Waals surface area contributed by atoms with Crippen LogP contribution in [0, 0.1) is 0 Å². The Bertz CT molecular complexity index is 647. The van der Waals surface area contributed by atoms with Gasteiger partial charge < -0.3 is 5.32 Å². The summed E-state index contributed by atoms with van der Waals surface area (Å²) in [5.41, 5.74) is 3.23. The van der Waals surface area contributed by atoms with Crippen molar-refractivity contribution in [2.75, 3.05) is 5.32 Å². The van der Waals surface area contributed by atoms with E-state index in [1.54, 1.807) is 6.07 Å². The Balaban J connectivity index is 1.76. The maximum absolute atomic E-state index is 12.9. The molecule has 0 heterocycles. The fraction of sp³-hybridized carbons (Fsp3) is 0.294. The zero-order valence-corrected chi connectivity index (χ0v) is 11.5. The number of rotatable bonds is 3. The van der Waals surface area contributed by atoms with E-state index in [1.165, 1.54) is 29.7 Å². The molecule has 1 N–H and O–H groups in total. The Morgan fingerprint density at radius 1 is 0.952 bits per heavy atom. The summed E-state index contributed by atoms with van der Waals surface area (Å²) in [5, 5.41) is 2.91. The number of alkyl halides is 3. The first kappa shape index (κ1) is 14.0. The van der Waals surface area contributed by atoms with Gasteiger partial charge in [0.05, 0.1) is 5.56 Å². The Morgan fingerprint density at radius 3 is 2.52 bits per heavy atom. The summed E-state index contributed by atoms with van der Waals surface area (Å²) in [5.74, 6) is 0. The normalized spacial score (nSPS) is 14.0. The van der Waals surface area contributed by atoms with Gasteiger partial charge in [-0.15, -0.1) is 0 Å². The van der Waals surface area contributed by atoms with Crippen LogP contribution in [0.2, 0.25) is 0 Å². The van der Waals surface area contributed by atoms with E-state index >= 15 is 0 Å². The van der Waals surface area contributed by atoms with Crippen molar-refractivity contribution in [1.29, 1.82) is 0 Å². The van der Waals surface area contributed by atoms with Crippen LogP contribution in [0.1, 0.15) is 28.7 Å². The van der Waals surface area contributed by atoms with Gasteiger partial charge in [0.15, 0.2) is 0 Å². The largest absolute Gasteiger partial charge is 0.418 e. The monoisotopic (exact) mass is 291 g/mol. The highest BCUT2D eigenvalue weighted by Gasteiger charge is 2.33. The van der Waals surface area contributed by atoms with Crippen molar-refractivity contribution in [3.05, 3.63) is 64.7 Å². The highest BCUT2D eigenvalue weighted by molar-refractivity contribution is 5.53. The van der Waals surface area contributed by atoms with Crippen molar-refractivity contribution in [1.82, 2.24) is 0 Å². The molecule has 0 saturated carbocycles. The molecule has 1 aliphatic rings. The molecule has 110 valence electrons. The molecule has 0 bridgehead atoms. The van der Waals surface area contributed by atoms with E-state index in [0.29, 0.717) is 6.54 Å². The molecule has 0 aromatic heterocycles. The molecular formula is C17H16F3N. The number of fused-ring (bicyclic) bond motifs is 1. The number of nitrogens with one attached hydrogen (secondary N) is 1. The fourth-order valence-electron chi connectivity index (χ4n) is 2.82. The number of hydrogen-bond acceptors (Lipinski definition) is 1. The molecule has 0 saturated heterocycles. The molecule has 4 heteroatoms. The Kier molecular flexibility index (Phi) is 3.62. The smallest absolute Gasteiger partial charge is 0.380 e. The van der Waals surface area contributed by atoms with Gasteiger partial charge in [0.2, 0.25) is 0 Å². The van der Waals surface area contributed by atoms with Crippen molar-refractivity contribution in [3.63, 3.8) is 0 Å². The molecule has 1 aliphatic carbocycles. The summed E-state index contributed by atoms with van der Waals surface area (Å²) >= 11 is 0.